The second-order valence-electron chi connectivity index (χ2n) is 6.52. The maximum absolute atomic E-state index is 12.4. The number of fused-ring (bicyclic) bond motifs is 1. The predicted octanol–water partition coefficient (Wildman–Crippen LogP) is 1.59. The predicted molar refractivity (Wildman–Crippen MR) is 90.7 cm³/mol. The van der Waals surface area contributed by atoms with Gasteiger partial charge in [0, 0.05) is 49.3 Å². The summed E-state index contributed by atoms with van der Waals surface area (Å²) in [6.07, 6.45) is 0. The Kier molecular flexibility index (Phi) is 4.80. The van der Waals surface area contributed by atoms with Crippen LogP contribution in [0.25, 0.3) is 10.9 Å². The third kappa shape index (κ3) is 3.63. The van der Waals surface area contributed by atoms with E-state index in [4.69, 9.17) is 4.74 Å². The fourth-order valence-electron chi connectivity index (χ4n) is 3.29. The summed E-state index contributed by atoms with van der Waals surface area (Å²) >= 11 is 0. The number of pyridine rings is 1. The summed E-state index contributed by atoms with van der Waals surface area (Å²) in [5, 5.41) is 10.1. The lowest BCUT2D eigenvalue weighted by molar-refractivity contribution is 0.0958. The van der Waals surface area contributed by atoms with Crippen molar-refractivity contribution in [2.75, 3.05) is 32.9 Å². The molecule has 2 N–H and O–H groups in total. The molecule has 3 rings (SSSR count). The van der Waals surface area contributed by atoms with Crippen LogP contribution in [0.4, 0.5) is 0 Å². The standard InChI is InChI=1S/C18H24N2O3/c1-12-5-13(2)18-16(6-12)17(22)7-15(19-18)9-20-3-4-23-11-14(8-20)10-21/h5-7,14,21H,3-4,8-11H2,1-2H3,(H,19,22). The van der Waals surface area contributed by atoms with Gasteiger partial charge >= 0.3 is 0 Å². The molecule has 0 spiro atoms. The van der Waals surface area contributed by atoms with Crippen LogP contribution in [0.5, 0.6) is 0 Å². The number of nitrogens with zero attached hydrogens (tertiary/aromatic N) is 1. The van der Waals surface area contributed by atoms with E-state index in [1.54, 1.807) is 6.07 Å². The van der Waals surface area contributed by atoms with Crippen LogP contribution in [0.15, 0.2) is 23.0 Å². The Morgan fingerprint density at radius 2 is 2.17 bits per heavy atom. The van der Waals surface area contributed by atoms with E-state index >= 15 is 0 Å². The third-order valence-corrected chi connectivity index (χ3v) is 4.41. The fraction of sp³-hybridized carbons (Fsp3) is 0.500. The Morgan fingerprint density at radius 3 is 2.96 bits per heavy atom. The van der Waals surface area contributed by atoms with Crippen LogP contribution < -0.4 is 5.43 Å². The molecule has 1 unspecified atom stereocenters. The number of aliphatic hydroxyl groups excluding tert-OH is 1. The Balaban J connectivity index is 1.90. The van der Waals surface area contributed by atoms with Crippen molar-refractivity contribution in [2.45, 2.75) is 20.4 Å². The molecule has 1 aliphatic heterocycles. The van der Waals surface area contributed by atoms with Gasteiger partial charge in [-0.05, 0) is 31.0 Å². The van der Waals surface area contributed by atoms with Crippen LogP contribution in [-0.2, 0) is 11.3 Å². The van der Waals surface area contributed by atoms with Crippen molar-refractivity contribution >= 4 is 10.9 Å². The first-order chi connectivity index (χ1) is 11.1. The van der Waals surface area contributed by atoms with Gasteiger partial charge < -0.3 is 14.8 Å². The number of aryl methyl sites for hydroxylation is 2. The van der Waals surface area contributed by atoms with Gasteiger partial charge in [-0.2, -0.15) is 0 Å². The van der Waals surface area contributed by atoms with Crippen LogP contribution in [0.1, 0.15) is 16.8 Å². The molecule has 1 fully saturated rings. The maximum atomic E-state index is 12.4. The number of nitrogens with one attached hydrogen (secondary N) is 1. The molecule has 1 aliphatic rings. The van der Waals surface area contributed by atoms with E-state index in [-0.39, 0.29) is 18.0 Å². The first-order valence-electron chi connectivity index (χ1n) is 8.11. The van der Waals surface area contributed by atoms with Gasteiger partial charge in [-0.15, -0.1) is 0 Å². The summed E-state index contributed by atoms with van der Waals surface area (Å²) in [6.45, 7) is 7.67. The smallest absolute Gasteiger partial charge is 0.189 e. The molecule has 1 aromatic heterocycles. The summed E-state index contributed by atoms with van der Waals surface area (Å²) in [4.78, 5) is 18.1. The molecule has 1 saturated heterocycles. The average Bonchev–Trinajstić information content (AvgIpc) is 2.73. The molecule has 0 aliphatic carbocycles. The van der Waals surface area contributed by atoms with Crippen molar-refractivity contribution in [3.63, 3.8) is 0 Å². The molecule has 0 bridgehead atoms. The van der Waals surface area contributed by atoms with Crippen LogP contribution in [-0.4, -0.2) is 47.9 Å². The van der Waals surface area contributed by atoms with Crippen molar-refractivity contribution in [2.24, 2.45) is 5.92 Å². The molecular formula is C18H24N2O3. The highest BCUT2D eigenvalue weighted by molar-refractivity contribution is 5.82. The largest absolute Gasteiger partial charge is 0.396 e. The number of aliphatic hydroxyl groups is 1. The van der Waals surface area contributed by atoms with Crippen LogP contribution in [0, 0.1) is 19.8 Å². The highest BCUT2D eigenvalue weighted by Gasteiger charge is 2.18. The van der Waals surface area contributed by atoms with Gasteiger partial charge in [-0.25, -0.2) is 0 Å². The Morgan fingerprint density at radius 1 is 1.35 bits per heavy atom. The maximum Gasteiger partial charge on any atom is 0.189 e. The summed E-state index contributed by atoms with van der Waals surface area (Å²) in [5.41, 5.74) is 4.08. The fourth-order valence-corrected chi connectivity index (χ4v) is 3.29. The number of hydrogen-bond acceptors (Lipinski definition) is 4. The van der Waals surface area contributed by atoms with Crippen LogP contribution in [0.3, 0.4) is 0 Å². The first-order valence-corrected chi connectivity index (χ1v) is 8.11. The molecule has 2 aromatic rings. The lowest BCUT2D eigenvalue weighted by Gasteiger charge is -2.22. The van der Waals surface area contributed by atoms with Crippen molar-refractivity contribution in [3.8, 4) is 0 Å². The minimum atomic E-state index is 0.0605. The minimum Gasteiger partial charge on any atom is -0.396 e. The Bertz CT molecular complexity index is 754. The molecule has 2 heterocycles. The van der Waals surface area contributed by atoms with E-state index in [1.165, 1.54) is 0 Å². The number of benzene rings is 1. The van der Waals surface area contributed by atoms with Gasteiger partial charge in [0.15, 0.2) is 5.43 Å². The van der Waals surface area contributed by atoms with E-state index < -0.39 is 0 Å². The normalized spacial score (nSPS) is 19.9. The lowest BCUT2D eigenvalue weighted by Crippen LogP contribution is -2.31. The molecule has 1 aromatic carbocycles. The Hall–Kier alpha value is -1.69. The van der Waals surface area contributed by atoms with Crippen LogP contribution >= 0.6 is 0 Å². The molecule has 23 heavy (non-hydrogen) atoms. The number of aromatic nitrogens is 1. The molecule has 0 radical (unpaired) electrons. The molecule has 124 valence electrons. The third-order valence-electron chi connectivity index (χ3n) is 4.41. The second-order valence-corrected chi connectivity index (χ2v) is 6.52. The summed E-state index contributed by atoms with van der Waals surface area (Å²) in [6, 6.07) is 5.72. The highest BCUT2D eigenvalue weighted by atomic mass is 16.5. The van der Waals surface area contributed by atoms with Gasteiger partial charge in [0.05, 0.1) is 18.7 Å². The number of hydrogen-bond donors (Lipinski definition) is 2. The number of H-pyrrole nitrogens is 1. The van der Waals surface area contributed by atoms with Gasteiger partial charge in [-0.3, -0.25) is 9.69 Å². The molecule has 1 atom stereocenters. The van der Waals surface area contributed by atoms with E-state index in [2.05, 4.69) is 16.0 Å². The second kappa shape index (κ2) is 6.83. The topological polar surface area (TPSA) is 65.6 Å². The van der Waals surface area contributed by atoms with Gasteiger partial charge in [0.25, 0.3) is 0 Å². The summed E-state index contributed by atoms with van der Waals surface area (Å²) in [5.74, 6) is 0.133. The van der Waals surface area contributed by atoms with Gasteiger partial charge in [-0.1, -0.05) is 6.07 Å². The molecule has 5 heteroatoms. The van der Waals surface area contributed by atoms with Crippen molar-refractivity contribution < 1.29 is 9.84 Å². The first kappa shape index (κ1) is 16.2. The van der Waals surface area contributed by atoms with E-state index in [9.17, 15) is 9.90 Å². The molecule has 0 saturated carbocycles. The van der Waals surface area contributed by atoms with E-state index in [0.29, 0.717) is 19.8 Å². The highest BCUT2D eigenvalue weighted by Crippen LogP contribution is 2.17. The summed E-state index contributed by atoms with van der Waals surface area (Å²) < 4.78 is 5.52. The molecule has 0 amide bonds. The molecule has 5 nitrogen and oxygen atoms in total. The van der Waals surface area contributed by atoms with Crippen molar-refractivity contribution in [3.05, 3.63) is 45.2 Å². The van der Waals surface area contributed by atoms with E-state index in [1.807, 2.05) is 19.9 Å². The number of rotatable bonds is 3. The van der Waals surface area contributed by atoms with Gasteiger partial charge in [0.1, 0.15) is 0 Å². The molecular weight excluding hydrogens is 292 g/mol. The number of ether oxygens (including phenoxy) is 1. The Labute approximate surface area is 135 Å². The lowest BCUT2D eigenvalue weighted by atomic mass is 10.1. The number of aromatic amines is 1. The quantitative estimate of drug-likeness (QED) is 0.902. The van der Waals surface area contributed by atoms with Gasteiger partial charge in [0.2, 0.25) is 0 Å². The zero-order valence-corrected chi connectivity index (χ0v) is 13.8. The summed E-state index contributed by atoms with van der Waals surface area (Å²) in [7, 11) is 0. The van der Waals surface area contributed by atoms with Crippen molar-refractivity contribution in [1.29, 1.82) is 0 Å². The van der Waals surface area contributed by atoms with E-state index in [0.717, 1.165) is 40.8 Å². The monoisotopic (exact) mass is 316 g/mol. The zero-order valence-electron chi connectivity index (χ0n) is 13.8. The average molecular weight is 316 g/mol. The minimum absolute atomic E-state index is 0.0605. The van der Waals surface area contributed by atoms with Crippen LogP contribution in [0.2, 0.25) is 0 Å². The zero-order chi connectivity index (χ0) is 16.4. The van der Waals surface area contributed by atoms with Crippen molar-refractivity contribution in [1.82, 2.24) is 9.88 Å². The SMILES string of the molecule is Cc1cc(C)c2[nH]c(CN3CCOCC(CO)C3)cc(=O)c2c1.